The highest BCUT2D eigenvalue weighted by Gasteiger charge is 2.32. The summed E-state index contributed by atoms with van der Waals surface area (Å²) in [6.45, 7) is 1.28. The van der Waals surface area contributed by atoms with E-state index in [0.717, 1.165) is 62.6 Å². The average Bonchev–Trinajstić information content (AvgIpc) is 2.94. The number of benzene rings is 3. The molecule has 8 heteroatoms. The zero-order valence-electron chi connectivity index (χ0n) is 21.9. The number of aryl methyl sites for hydroxylation is 1. The molecule has 3 aromatic carbocycles. The molecule has 5 rings (SSSR count). The molecule has 39 heavy (non-hydrogen) atoms. The number of fused-ring (bicyclic) bond motifs is 1. The third-order valence-corrected chi connectivity index (χ3v) is 10.3. The highest BCUT2D eigenvalue weighted by molar-refractivity contribution is 7.89. The van der Waals surface area contributed by atoms with Crippen LogP contribution in [0.5, 0.6) is 0 Å². The van der Waals surface area contributed by atoms with Gasteiger partial charge in [0.25, 0.3) is 0 Å². The summed E-state index contributed by atoms with van der Waals surface area (Å²) in [6.07, 6.45) is 6.36. The minimum absolute atomic E-state index is 0.0711. The summed E-state index contributed by atoms with van der Waals surface area (Å²) >= 11 is 6.08. The standard InChI is InChI=1S/C31H35ClF2N2O2S/c32-27-8-4-5-9-31(27)39(37,38)36-20-23-12-10-22(11-13-23)19-35-30-15-14-24-17-28(33)29(34)18-25(24)26(30)16-21-6-2-1-3-7-21/h1-9,17-18,22-23,26,30,35-36H,10-16,19-20H2. The number of hydrogen-bond donors (Lipinski definition) is 2. The Kier molecular flexibility index (Phi) is 9.02. The maximum Gasteiger partial charge on any atom is 0.242 e. The van der Waals surface area contributed by atoms with E-state index in [0.29, 0.717) is 18.4 Å². The zero-order valence-corrected chi connectivity index (χ0v) is 23.5. The van der Waals surface area contributed by atoms with Crippen LogP contribution in [0.1, 0.15) is 54.7 Å². The first kappa shape index (κ1) is 28.2. The van der Waals surface area contributed by atoms with Crippen LogP contribution in [0, 0.1) is 23.5 Å². The predicted molar refractivity (Wildman–Crippen MR) is 151 cm³/mol. The van der Waals surface area contributed by atoms with Gasteiger partial charge in [-0.05, 0) is 104 Å². The van der Waals surface area contributed by atoms with Crippen molar-refractivity contribution in [2.75, 3.05) is 13.1 Å². The molecule has 2 unspecified atom stereocenters. The molecule has 2 atom stereocenters. The van der Waals surface area contributed by atoms with E-state index in [-0.39, 0.29) is 21.9 Å². The van der Waals surface area contributed by atoms with E-state index in [1.54, 1.807) is 18.2 Å². The first-order valence-corrected chi connectivity index (χ1v) is 15.7. The Morgan fingerprint density at radius 3 is 2.18 bits per heavy atom. The molecule has 2 aliphatic rings. The molecule has 3 aromatic rings. The van der Waals surface area contributed by atoms with Crippen LogP contribution in [0.2, 0.25) is 5.02 Å². The smallest absolute Gasteiger partial charge is 0.242 e. The van der Waals surface area contributed by atoms with Crippen molar-refractivity contribution in [1.82, 2.24) is 10.0 Å². The maximum atomic E-state index is 14.3. The summed E-state index contributed by atoms with van der Waals surface area (Å²) in [4.78, 5) is 0.117. The predicted octanol–water partition coefficient (Wildman–Crippen LogP) is 6.63. The summed E-state index contributed by atoms with van der Waals surface area (Å²) in [5.41, 5.74) is 3.01. The van der Waals surface area contributed by atoms with Crippen molar-refractivity contribution in [2.45, 2.75) is 61.8 Å². The highest BCUT2D eigenvalue weighted by atomic mass is 35.5. The monoisotopic (exact) mass is 572 g/mol. The minimum atomic E-state index is -3.64. The Balaban J connectivity index is 1.17. The van der Waals surface area contributed by atoms with Crippen molar-refractivity contribution in [3.63, 3.8) is 0 Å². The van der Waals surface area contributed by atoms with E-state index in [1.807, 2.05) is 18.2 Å². The maximum absolute atomic E-state index is 14.3. The van der Waals surface area contributed by atoms with Crippen LogP contribution in [0.4, 0.5) is 8.78 Å². The van der Waals surface area contributed by atoms with Gasteiger partial charge in [-0.25, -0.2) is 21.9 Å². The van der Waals surface area contributed by atoms with Gasteiger partial charge < -0.3 is 5.32 Å². The van der Waals surface area contributed by atoms with Crippen LogP contribution < -0.4 is 10.0 Å². The fraction of sp³-hybridized carbons (Fsp3) is 0.419. The summed E-state index contributed by atoms with van der Waals surface area (Å²) in [6, 6.07) is 19.6. The first-order valence-electron chi connectivity index (χ1n) is 13.8. The SMILES string of the molecule is O=S(=O)(NCC1CCC(CNC2CCc3cc(F)c(F)cc3C2Cc2ccccc2)CC1)c1ccccc1Cl. The molecule has 0 heterocycles. The van der Waals surface area contributed by atoms with Crippen LogP contribution in [0.15, 0.2) is 71.6 Å². The molecule has 0 bridgehead atoms. The summed E-state index contributed by atoms with van der Waals surface area (Å²) in [5.74, 6) is -0.684. The Labute approximate surface area is 235 Å². The first-order chi connectivity index (χ1) is 18.8. The molecule has 0 radical (unpaired) electrons. The molecule has 2 N–H and O–H groups in total. The highest BCUT2D eigenvalue weighted by Crippen LogP contribution is 2.36. The second kappa shape index (κ2) is 12.5. The van der Waals surface area contributed by atoms with Crippen molar-refractivity contribution >= 4 is 21.6 Å². The number of nitrogens with one attached hydrogen (secondary N) is 2. The van der Waals surface area contributed by atoms with E-state index in [9.17, 15) is 17.2 Å². The molecular formula is C31H35ClF2N2O2S. The largest absolute Gasteiger partial charge is 0.313 e. The zero-order chi connectivity index (χ0) is 27.4. The van der Waals surface area contributed by atoms with E-state index >= 15 is 0 Å². The second-order valence-electron chi connectivity index (χ2n) is 11.0. The van der Waals surface area contributed by atoms with Crippen molar-refractivity contribution in [3.8, 4) is 0 Å². The van der Waals surface area contributed by atoms with Crippen LogP contribution in [-0.4, -0.2) is 27.5 Å². The summed E-state index contributed by atoms with van der Waals surface area (Å²) < 4.78 is 56.3. The minimum Gasteiger partial charge on any atom is -0.313 e. The van der Waals surface area contributed by atoms with E-state index < -0.39 is 21.7 Å². The van der Waals surface area contributed by atoms with Crippen molar-refractivity contribution < 1.29 is 17.2 Å². The quantitative estimate of drug-likeness (QED) is 0.302. The lowest BCUT2D eigenvalue weighted by Gasteiger charge is -2.37. The lowest BCUT2D eigenvalue weighted by atomic mass is 9.75. The summed E-state index contributed by atoms with van der Waals surface area (Å²) in [7, 11) is -3.64. The van der Waals surface area contributed by atoms with Crippen molar-refractivity contribution in [3.05, 3.63) is 100 Å². The Morgan fingerprint density at radius 2 is 1.46 bits per heavy atom. The molecular weight excluding hydrogens is 538 g/mol. The van der Waals surface area contributed by atoms with Crippen molar-refractivity contribution in [2.24, 2.45) is 11.8 Å². The van der Waals surface area contributed by atoms with E-state index in [4.69, 9.17) is 11.6 Å². The Hall–Kier alpha value is -2.32. The molecule has 0 aliphatic heterocycles. The number of rotatable bonds is 9. The molecule has 1 fully saturated rings. The third kappa shape index (κ3) is 6.88. The molecule has 1 saturated carbocycles. The van der Waals surface area contributed by atoms with Crippen LogP contribution in [-0.2, 0) is 22.9 Å². The van der Waals surface area contributed by atoms with Gasteiger partial charge in [0.1, 0.15) is 4.90 Å². The molecule has 0 spiro atoms. The molecule has 0 saturated heterocycles. The lowest BCUT2D eigenvalue weighted by molar-refractivity contribution is 0.252. The molecule has 208 valence electrons. The van der Waals surface area contributed by atoms with Gasteiger partial charge in [-0.1, -0.05) is 54.1 Å². The Morgan fingerprint density at radius 1 is 0.821 bits per heavy atom. The third-order valence-electron chi connectivity index (χ3n) is 8.41. The number of sulfonamides is 1. The fourth-order valence-electron chi connectivity index (χ4n) is 6.18. The fourth-order valence-corrected chi connectivity index (χ4v) is 7.82. The van der Waals surface area contributed by atoms with E-state index in [2.05, 4.69) is 22.2 Å². The van der Waals surface area contributed by atoms with Gasteiger partial charge in [0.05, 0.1) is 5.02 Å². The van der Waals surface area contributed by atoms with E-state index in [1.165, 1.54) is 23.8 Å². The van der Waals surface area contributed by atoms with Crippen LogP contribution >= 0.6 is 11.6 Å². The second-order valence-corrected chi connectivity index (χ2v) is 13.1. The summed E-state index contributed by atoms with van der Waals surface area (Å²) in [5, 5.41) is 4.02. The average molecular weight is 573 g/mol. The number of halogens is 3. The van der Waals surface area contributed by atoms with Gasteiger partial charge in [-0.2, -0.15) is 0 Å². The molecule has 0 aromatic heterocycles. The molecule has 2 aliphatic carbocycles. The van der Waals surface area contributed by atoms with Gasteiger partial charge in [0.2, 0.25) is 10.0 Å². The normalized spacial score (nSPS) is 23.4. The van der Waals surface area contributed by atoms with Gasteiger partial charge in [0, 0.05) is 18.5 Å². The lowest BCUT2D eigenvalue weighted by Crippen LogP contribution is -2.42. The van der Waals surface area contributed by atoms with Gasteiger partial charge in [-0.3, -0.25) is 0 Å². The van der Waals surface area contributed by atoms with Gasteiger partial charge >= 0.3 is 0 Å². The van der Waals surface area contributed by atoms with Gasteiger partial charge in [-0.15, -0.1) is 0 Å². The van der Waals surface area contributed by atoms with Crippen LogP contribution in [0.3, 0.4) is 0 Å². The topological polar surface area (TPSA) is 58.2 Å². The number of hydrogen-bond acceptors (Lipinski definition) is 3. The van der Waals surface area contributed by atoms with Gasteiger partial charge in [0.15, 0.2) is 11.6 Å². The van der Waals surface area contributed by atoms with Crippen molar-refractivity contribution in [1.29, 1.82) is 0 Å². The molecule has 0 amide bonds. The molecule has 4 nitrogen and oxygen atoms in total. The Bertz CT molecular complexity index is 1380. The van der Waals surface area contributed by atoms with Crippen LogP contribution in [0.25, 0.3) is 0 Å².